The van der Waals surface area contributed by atoms with Crippen molar-refractivity contribution < 1.29 is 4.74 Å². The number of aromatic nitrogens is 2. The van der Waals surface area contributed by atoms with Crippen LogP contribution in [0.15, 0.2) is 36.5 Å². The second kappa shape index (κ2) is 5.83. The molecule has 0 atom stereocenters. The summed E-state index contributed by atoms with van der Waals surface area (Å²) in [6, 6.07) is 9.56. The predicted octanol–water partition coefficient (Wildman–Crippen LogP) is 2.52. The quantitative estimate of drug-likeness (QED) is 0.754. The molecule has 2 rings (SSSR count). The Balaban J connectivity index is 1.91. The molecule has 0 spiro atoms. The van der Waals surface area contributed by atoms with Crippen molar-refractivity contribution in [2.24, 2.45) is 0 Å². The third-order valence-electron chi connectivity index (χ3n) is 2.30. The van der Waals surface area contributed by atoms with Gasteiger partial charge in [0, 0.05) is 11.4 Å². The summed E-state index contributed by atoms with van der Waals surface area (Å²) in [5.74, 6) is 6.62. The van der Waals surface area contributed by atoms with Gasteiger partial charge in [-0.1, -0.05) is 12.0 Å². The largest absolute Gasteiger partial charge is 0.479 e. The molecule has 0 amide bonds. The average Bonchev–Trinajstić information content (AvgIpc) is 2.37. The smallest absolute Gasteiger partial charge is 0.149 e. The van der Waals surface area contributed by atoms with Gasteiger partial charge in [0.1, 0.15) is 18.1 Å². The van der Waals surface area contributed by atoms with Gasteiger partial charge in [-0.25, -0.2) is 4.98 Å². The van der Waals surface area contributed by atoms with Crippen LogP contribution in [0.3, 0.4) is 0 Å². The first-order valence-corrected chi connectivity index (χ1v) is 5.72. The number of rotatable bonds is 2. The number of hydrogen-bond donors (Lipinski definition) is 0. The van der Waals surface area contributed by atoms with E-state index in [2.05, 4.69) is 21.8 Å². The topological polar surface area (TPSA) is 35.0 Å². The lowest BCUT2D eigenvalue weighted by molar-refractivity contribution is 0.368. The van der Waals surface area contributed by atoms with Crippen molar-refractivity contribution in [1.82, 2.24) is 9.97 Å². The molecule has 0 bridgehead atoms. The molecular weight excluding hydrogens is 224 g/mol. The Labute approximate surface area is 107 Å². The SMILES string of the molecule is Cc1ccc(OCC#Cc2cccc(C)n2)cn1. The summed E-state index contributed by atoms with van der Waals surface area (Å²) < 4.78 is 5.45. The van der Waals surface area contributed by atoms with Gasteiger partial charge in [0.2, 0.25) is 0 Å². The maximum Gasteiger partial charge on any atom is 0.149 e. The van der Waals surface area contributed by atoms with Gasteiger partial charge in [-0.05, 0) is 44.0 Å². The summed E-state index contributed by atoms with van der Waals surface area (Å²) >= 11 is 0. The molecule has 2 heterocycles. The normalized spacial score (nSPS) is 9.44. The second-order valence-electron chi connectivity index (χ2n) is 3.89. The van der Waals surface area contributed by atoms with Crippen LogP contribution in [-0.2, 0) is 0 Å². The maximum absolute atomic E-state index is 5.45. The lowest BCUT2D eigenvalue weighted by Crippen LogP contribution is -1.95. The van der Waals surface area contributed by atoms with E-state index in [-0.39, 0.29) is 0 Å². The highest BCUT2D eigenvalue weighted by molar-refractivity contribution is 5.29. The van der Waals surface area contributed by atoms with Crippen molar-refractivity contribution in [3.8, 4) is 17.6 Å². The van der Waals surface area contributed by atoms with E-state index in [4.69, 9.17) is 4.74 Å². The van der Waals surface area contributed by atoms with Crippen molar-refractivity contribution in [1.29, 1.82) is 0 Å². The molecule has 2 aromatic heterocycles. The highest BCUT2D eigenvalue weighted by Gasteiger charge is 1.92. The molecule has 3 heteroatoms. The van der Waals surface area contributed by atoms with Crippen LogP contribution < -0.4 is 4.74 Å². The fraction of sp³-hybridized carbons (Fsp3) is 0.200. The van der Waals surface area contributed by atoms with Gasteiger partial charge in [0.05, 0.1) is 6.20 Å². The predicted molar refractivity (Wildman–Crippen MR) is 70.3 cm³/mol. The van der Waals surface area contributed by atoms with Crippen molar-refractivity contribution in [2.45, 2.75) is 13.8 Å². The fourth-order valence-corrected chi connectivity index (χ4v) is 1.40. The minimum atomic E-state index is 0.334. The standard InChI is InChI=1S/C15H14N2O/c1-12-8-9-15(11-16-12)18-10-4-7-14-6-3-5-13(2)17-14/h3,5-6,8-9,11H,10H2,1-2H3. The summed E-state index contributed by atoms with van der Waals surface area (Å²) in [4.78, 5) is 8.43. The van der Waals surface area contributed by atoms with E-state index in [1.807, 2.05) is 44.2 Å². The van der Waals surface area contributed by atoms with E-state index < -0.39 is 0 Å². The lowest BCUT2D eigenvalue weighted by Gasteiger charge is -2.00. The highest BCUT2D eigenvalue weighted by atomic mass is 16.5. The maximum atomic E-state index is 5.45. The van der Waals surface area contributed by atoms with Gasteiger partial charge < -0.3 is 4.74 Å². The molecule has 0 aromatic carbocycles. The van der Waals surface area contributed by atoms with E-state index in [0.717, 1.165) is 22.8 Å². The molecule has 90 valence electrons. The zero-order valence-electron chi connectivity index (χ0n) is 10.5. The van der Waals surface area contributed by atoms with Crippen LogP contribution in [0.2, 0.25) is 0 Å². The molecule has 18 heavy (non-hydrogen) atoms. The van der Waals surface area contributed by atoms with E-state index in [9.17, 15) is 0 Å². The Morgan fingerprint density at radius 2 is 2.00 bits per heavy atom. The van der Waals surface area contributed by atoms with Crippen LogP contribution in [0.4, 0.5) is 0 Å². The van der Waals surface area contributed by atoms with E-state index in [1.165, 1.54) is 0 Å². The molecule has 0 aliphatic heterocycles. The third-order valence-corrected chi connectivity index (χ3v) is 2.30. The monoisotopic (exact) mass is 238 g/mol. The number of aryl methyl sites for hydroxylation is 2. The second-order valence-corrected chi connectivity index (χ2v) is 3.89. The van der Waals surface area contributed by atoms with Crippen molar-refractivity contribution >= 4 is 0 Å². The van der Waals surface area contributed by atoms with Gasteiger partial charge in [0.25, 0.3) is 0 Å². The molecular formula is C15H14N2O. The molecule has 0 radical (unpaired) electrons. The molecule has 3 nitrogen and oxygen atoms in total. The molecule has 0 aliphatic carbocycles. The van der Waals surface area contributed by atoms with Gasteiger partial charge in [-0.3, -0.25) is 4.98 Å². The van der Waals surface area contributed by atoms with E-state index in [0.29, 0.717) is 6.61 Å². The van der Waals surface area contributed by atoms with Crippen molar-refractivity contribution in [3.63, 3.8) is 0 Å². The minimum absolute atomic E-state index is 0.334. The average molecular weight is 238 g/mol. The van der Waals surface area contributed by atoms with Gasteiger partial charge in [0.15, 0.2) is 0 Å². The first kappa shape index (κ1) is 12.1. The zero-order valence-corrected chi connectivity index (χ0v) is 10.5. The van der Waals surface area contributed by atoms with Crippen LogP contribution in [0.5, 0.6) is 5.75 Å². The molecule has 0 saturated carbocycles. The summed E-state index contributed by atoms with van der Waals surface area (Å²) in [5.41, 5.74) is 2.70. The number of hydrogen-bond acceptors (Lipinski definition) is 3. The molecule has 0 N–H and O–H groups in total. The van der Waals surface area contributed by atoms with Crippen LogP contribution in [0.1, 0.15) is 17.1 Å². The molecule has 0 aliphatic rings. The molecule has 0 fully saturated rings. The summed E-state index contributed by atoms with van der Waals surface area (Å²) in [7, 11) is 0. The fourth-order valence-electron chi connectivity index (χ4n) is 1.40. The Morgan fingerprint density at radius 3 is 2.72 bits per heavy atom. The molecule has 2 aromatic rings. The Morgan fingerprint density at radius 1 is 1.11 bits per heavy atom. The number of ether oxygens (including phenoxy) is 1. The van der Waals surface area contributed by atoms with Crippen LogP contribution in [0, 0.1) is 25.7 Å². The van der Waals surface area contributed by atoms with E-state index in [1.54, 1.807) is 6.20 Å². The minimum Gasteiger partial charge on any atom is -0.479 e. The van der Waals surface area contributed by atoms with Crippen molar-refractivity contribution in [2.75, 3.05) is 6.61 Å². The zero-order chi connectivity index (χ0) is 12.8. The summed E-state index contributed by atoms with van der Waals surface area (Å²) in [6.07, 6.45) is 1.70. The first-order chi connectivity index (χ1) is 8.74. The van der Waals surface area contributed by atoms with Crippen LogP contribution in [0.25, 0.3) is 0 Å². The molecule has 0 unspecified atom stereocenters. The third kappa shape index (κ3) is 3.60. The highest BCUT2D eigenvalue weighted by Crippen LogP contribution is 2.07. The lowest BCUT2D eigenvalue weighted by atomic mass is 10.3. The Bertz CT molecular complexity index is 579. The van der Waals surface area contributed by atoms with Gasteiger partial charge >= 0.3 is 0 Å². The number of nitrogens with zero attached hydrogens (tertiary/aromatic N) is 2. The van der Waals surface area contributed by atoms with Crippen molar-refractivity contribution in [3.05, 3.63) is 53.6 Å². The van der Waals surface area contributed by atoms with E-state index >= 15 is 0 Å². The summed E-state index contributed by atoms with van der Waals surface area (Å²) in [6.45, 7) is 4.22. The number of pyridine rings is 2. The molecule has 0 saturated heterocycles. The van der Waals surface area contributed by atoms with Crippen LogP contribution in [-0.4, -0.2) is 16.6 Å². The Kier molecular flexibility index (Phi) is 3.93. The van der Waals surface area contributed by atoms with Crippen LogP contribution >= 0.6 is 0 Å². The van der Waals surface area contributed by atoms with Gasteiger partial charge in [-0.2, -0.15) is 0 Å². The van der Waals surface area contributed by atoms with Gasteiger partial charge in [-0.15, -0.1) is 0 Å². The summed E-state index contributed by atoms with van der Waals surface area (Å²) in [5, 5.41) is 0. The Hall–Kier alpha value is -2.34. The first-order valence-electron chi connectivity index (χ1n) is 5.72.